The van der Waals surface area contributed by atoms with Crippen LogP contribution < -0.4 is 5.32 Å². The molecule has 1 atom stereocenters. The van der Waals surface area contributed by atoms with Crippen LogP contribution in [0.1, 0.15) is 30.9 Å². The third kappa shape index (κ3) is 4.33. The summed E-state index contributed by atoms with van der Waals surface area (Å²) in [4.78, 5) is 0. The van der Waals surface area contributed by atoms with Crippen molar-refractivity contribution >= 4 is 0 Å². The van der Waals surface area contributed by atoms with Gasteiger partial charge in [-0.05, 0) is 23.5 Å². The van der Waals surface area contributed by atoms with Crippen molar-refractivity contribution < 1.29 is 4.74 Å². The van der Waals surface area contributed by atoms with E-state index in [1.807, 2.05) is 0 Å². The van der Waals surface area contributed by atoms with Crippen LogP contribution >= 0.6 is 0 Å². The van der Waals surface area contributed by atoms with Crippen molar-refractivity contribution in [1.29, 1.82) is 0 Å². The van der Waals surface area contributed by atoms with E-state index in [-0.39, 0.29) is 0 Å². The summed E-state index contributed by atoms with van der Waals surface area (Å²) < 4.78 is 5.00. The Morgan fingerprint density at radius 1 is 1.25 bits per heavy atom. The number of aryl methyl sites for hydroxylation is 1. The maximum Gasteiger partial charge on any atom is 0.0587 e. The van der Waals surface area contributed by atoms with E-state index < -0.39 is 0 Å². The smallest absolute Gasteiger partial charge is 0.0587 e. The van der Waals surface area contributed by atoms with Crippen molar-refractivity contribution in [2.24, 2.45) is 0 Å². The quantitative estimate of drug-likeness (QED) is 0.715. The first-order valence-electron chi connectivity index (χ1n) is 6.06. The van der Waals surface area contributed by atoms with Gasteiger partial charge in [0.05, 0.1) is 6.61 Å². The number of rotatable bonds is 7. The lowest BCUT2D eigenvalue weighted by Gasteiger charge is -2.13. The first kappa shape index (κ1) is 13.2. The third-order valence-electron chi connectivity index (χ3n) is 2.89. The first-order chi connectivity index (χ1) is 7.77. The second kappa shape index (κ2) is 7.42. The van der Waals surface area contributed by atoms with Gasteiger partial charge in [-0.3, -0.25) is 0 Å². The average Bonchev–Trinajstić information content (AvgIpc) is 2.34. The number of benzene rings is 1. The van der Waals surface area contributed by atoms with E-state index in [0.29, 0.717) is 5.92 Å². The van der Waals surface area contributed by atoms with Gasteiger partial charge in [-0.25, -0.2) is 0 Å². The minimum atomic E-state index is 0.558. The molecular weight excluding hydrogens is 198 g/mol. The molecular formula is C14H23NO. The summed E-state index contributed by atoms with van der Waals surface area (Å²) in [6.45, 7) is 7.15. The van der Waals surface area contributed by atoms with Crippen LogP contribution in [-0.2, 0) is 11.2 Å². The van der Waals surface area contributed by atoms with Crippen LogP contribution in [0.4, 0.5) is 0 Å². The lowest BCUT2D eigenvalue weighted by molar-refractivity contribution is 0.199. The highest BCUT2D eigenvalue weighted by molar-refractivity contribution is 5.25. The molecule has 0 spiro atoms. The predicted octanol–water partition coefficient (Wildman–Crippen LogP) is 2.59. The van der Waals surface area contributed by atoms with Crippen LogP contribution in [0.2, 0.25) is 0 Å². The summed E-state index contributed by atoms with van der Waals surface area (Å²) in [7, 11) is 1.73. The van der Waals surface area contributed by atoms with Crippen LogP contribution in [-0.4, -0.2) is 26.8 Å². The van der Waals surface area contributed by atoms with E-state index in [1.165, 1.54) is 11.1 Å². The maximum atomic E-state index is 5.00. The van der Waals surface area contributed by atoms with Gasteiger partial charge in [0, 0.05) is 20.2 Å². The highest BCUT2D eigenvalue weighted by atomic mass is 16.5. The Morgan fingerprint density at radius 2 is 1.94 bits per heavy atom. The maximum absolute atomic E-state index is 5.00. The fraction of sp³-hybridized carbons (Fsp3) is 0.571. The van der Waals surface area contributed by atoms with E-state index in [0.717, 1.165) is 26.1 Å². The molecule has 16 heavy (non-hydrogen) atoms. The SMILES string of the molecule is CCc1ccc(C(C)CNCCOC)cc1. The predicted molar refractivity (Wildman–Crippen MR) is 69.0 cm³/mol. The molecule has 1 aromatic carbocycles. The van der Waals surface area contributed by atoms with Crippen LogP contribution in [0.15, 0.2) is 24.3 Å². The molecule has 0 aromatic heterocycles. The fourth-order valence-corrected chi connectivity index (χ4v) is 1.69. The zero-order valence-corrected chi connectivity index (χ0v) is 10.6. The Morgan fingerprint density at radius 3 is 2.50 bits per heavy atom. The Bertz CT molecular complexity index is 281. The lowest BCUT2D eigenvalue weighted by Crippen LogP contribution is -2.23. The molecule has 90 valence electrons. The largest absolute Gasteiger partial charge is 0.383 e. The number of hydrogen-bond donors (Lipinski definition) is 1. The van der Waals surface area contributed by atoms with Crippen molar-refractivity contribution in [3.8, 4) is 0 Å². The van der Waals surface area contributed by atoms with Crippen LogP contribution in [0, 0.1) is 0 Å². The minimum absolute atomic E-state index is 0.558. The van der Waals surface area contributed by atoms with E-state index in [4.69, 9.17) is 4.74 Å². The monoisotopic (exact) mass is 221 g/mol. The zero-order valence-electron chi connectivity index (χ0n) is 10.6. The Hall–Kier alpha value is -0.860. The molecule has 0 aliphatic rings. The first-order valence-corrected chi connectivity index (χ1v) is 6.06. The summed E-state index contributed by atoms with van der Waals surface area (Å²) >= 11 is 0. The molecule has 0 saturated carbocycles. The van der Waals surface area contributed by atoms with E-state index in [9.17, 15) is 0 Å². The van der Waals surface area contributed by atoms with Crippen LogP contribution in [0.25, 0.3) is 0 Å². The van der Waals surface area contributed by atoms with Crippen molar-refractivity contribution in [2.75, 3.05) is 26.8 Å². The summed E-state index contributed by atoms with van der Waals surface area (Å²) in [6, 6.07) is 8.92. The second-order valence-corrected chi connectivity index (χ2v) is 4.19. The molecule has 0 heterocycles. The van der Waals surface area contributed by atoms with Crippen molar-refractivity contribution in [1.82, 2.24) is 5.32 Å². The topological polar surface area (TPSA) is 21.3 Å². The number of hydrogen-bond acceptors (Lipinski definition) is 2. The van der Waals surface area contributed by atoms with Gasteiger partial charge in [0.2, 0.25) is 0 Å². The number of nitrogens with one attached hydrogen (secondary N) is 1. The fourth-order valence-electron chi connectivity index (χ4n) is 1.69. The van der Waals surface area contributed by atoms with Crippen molar-refractivity contribution in [2.45, 2.75) is 26.2 Å². The van der Waals surface area contributed by atoms with Gasteiger partial charge in [0.1, 0.15) is 0 Å². The second-order valence-electron chi connectivity index (χ2n) is 4.19. The minimum Gasteiger partial charge on any atom is -0.383 e. The molecule has 0 amide bonds. The Kier molecular flexibility index (Phi) is 6.12. The van der Waals surface area contributed by atoms with Gasteiger partial charge in [-0.15, -0.1) is 0 Å². The molecule has 2 nitrogen and oxygen atoms in total. The molecule has 0 saturated heterocycles. The highest BCUT2D eigenvalue weighted by Crippen LogP contribution is 2.15. The molecule has 1 rings (SSSR count). The molecule has 1 unspecified atom stereocenters. The summed E-state index contributed by atoms with van der Waals surface area (Å²) in [6.07, 6.45) is 1.11. The van der Waals surface area contributed by atoms with Gasteiger partial charge in [0.15, 0.2) is 0 Å². The van der Waals surface area contributed by atoms with Crippen molar-refractivity contribution in [3.63, 3.8) is 0 Å². The highest BCUT2D eigenvalue weighted by Gasteiger charge is 2.04. The average molecular weight is 221 g/mol. The molecule has 0 radical (unpaired) electrons. The molecule has 0 fully saturated rings. The normalized spacial score (nSPS) is 12.7. The third-order valence-corrected chi connectivity index (χ3v) is 2.89. The van der Waals surface area contributed by atoms with Gasteiger partial charge < -0.3 is 10.1 Å². The summed E-state index contributed by atoms with van der Waals surface area (Å²) in [5.74, 6) is 0.558. The molecule has 0 bridgehead atoms. The van der Waals surface area contributed by atoms with Gasteiger partial charge >= 0.3 is 0 Å². The lowest BCUT2D eigenvalue weighted by atomic mass is 9.99. The zero-order chi connectivity index (χ0) is 11.8. The number of ether oxygens (including phenoxy) is 1. The standard InChI is InChI=1S/C14H23NO/c1-4-13-5-7-14(8-6-13)12(2)11-15-9-10-16-3/h5-8,12,15H,4,9-11H2,1-3H3. The van der Waals surface area contributed by atoms with Gasteiger partial charge in [0.25, 0.3) is 0 Å². The van der Waals surface area contributed by atoms with Gasteiger partial charge in [-0.2, -0.15) is 0 Å². The van der Waals surface area contributed by atoms with Gasteiger partial charge in [-0.1, -0.05) is 38.1 Å². The van der Waals surface area contributed by atoms with E-state index in [2.05, 4.69) is 43.4 Å². The molecule has 2 heteroatoms. The molecule has 0 aliphatic heterocycles. The van der Waals surface area contributed by atoms with E-state index >= 15 is 0 Å². The Labute approximate surface area is 99.0 Å². The van der Waals surface area contributed by atoms with Crippen LogP contribution in [0.5, 0.6) is 0 Å². The Balaban J connectivity index is 2.37. The molecule has 1 aromatic rings. The molecule has 1 N–H and O–H groups in total. The summed E-state index contributed by atoms with van der Waals surface area (Å²) in [5.41, 5.74) is 2.81. The van der Waals surface area contributed by atoms with Crippen molar-refractivity contribution in [3.05, 3.63) is 35.4 Å². The van der Waals surface area contributed by atoms with E-state index in [1.54, 1.807) is 7.11 Å². The summed E-state index contributed by atoms with van der Waals surface area (Å²) in [5, 5.41) is 3.39. The van der Waals surface area contributed by atoms with Crippen LogP contribution in [0.3, 0.4) is 0 Å². The molecule has 0 aliphatic carbocycles. The number of methoxy groups -OCH3 is 1.